The minimum atomic E-state index is -3.62. The number of benzene rings is 1. The number of halogens is 1. The molecule has 21 heavy (non-hydrogen) atoms. The van der Waals surface area contributed by atoms with Gasteiger partial charge in [-0.05, 0) is 36.5 Å². The zero-order chi connectivity index (χ0) is 15.5. The fourth-order valence-corrected chi connectivity index (χ4v) is 3.98. The van der Waals surface area contributed by atoms with Gasteiger partial charge < -0.3 is 5.11 Å². The number of hydrogen-bond acceptors (Lipinski definition) is 3. The van der Waals surface area contributed by atoms with Crippen LogP contribution in [-0.2, 0) is 10.0 Å². The lowest BCUT2D eigenvalue weighted by atomic mass is 9.71. The van der Waals surface area contributed by atoms with E-state index in [1.165, 1.54) is 12.1 Å². The van der Waals surface area contributed by atoms with Crippen molar-refractivity contribution in [3.63, 3.8) is 0 Å². The molecule has 1 fully saturated rings. The number of rotatable bonds is 4. The molecule has 6 heteroatoms. The van der Waals surface area contributed by atoms with E-state index in [1.807, 2.05) is 0 Å². The molecule has 114 valence electrons. The van der Waals surface area contributed by atoms with Crippen LogP contribution in [0.5, 0.6) is 0 Å². The van der Waals surface area contributed by atoms with Crippen LogP contribution in [0, 0.1) is 17.3 Å². The highest BCUT2D eigenvalue weighted by Gasteiger charge is 2.33. The minimum Gasteiger partial charge on any atom is -0.384 e. The lowest BCUT2D eigenvalue weighted by Gasteiger charge is -2.38. The predicted molar refractivity (Wildman–Crippen MR) is 82.6 cm³/mol. The molecule has 1 aromatic carbocycles. The molecule has 0 heterocycles. The molecular weight excluding hydrogens is 310 g/mol. The smallest absolute Gasteiger partial charge is 0.242 e. The third-order valence-corrected chi connectivity index (χ3v) is 5.67. The lowest BCUT2D eigenvalue weighted by Crippen LogP contribution is -2.39. The molecule has 2 rings (SSSR count). The van der Waals surface area contributed by atoms with Crippen LogP contribution in [0.15, 0.2) is 23.1 Å². The number of nitrogens with one attached hydrogen (secondary N) is 1. The maximum atomic E-state index is 12.3. The molecular formula is C15H18ClNO3S. The minimum absolute atomic E-state index is 0.0571. The van der Waals surface area contributed by atoms with Gasteiger partial charge in [-0.3, -0.25) is 0 Å². The van der Waals surface area contributed by atoms with E-state index in [9.17, 15) is 8.42 Å². The van der Waals surface area contributed by atoms with Crippen molar-refractivity contribution < 1.29 is 13.5 Å². The number of sulfonamides is 1. The average Bonchev–Trinajstić information content (AvgIpc) is 2.40. The Bertz CT molecular complexity index is 685. The van der Waals surface area contributed by atoms with E-state index in [1.54, 1.807) is 6.07 Å². The van der Waals surface area contributed by atoms with Crippen molar-refractivity contribution in [1.29, 1.82) is 0 Å². The highest BCUT2D eigenvalue weighted by Crippen LogP contribution is 2.39. The topological polar surface area (TPSA) is 66.4 Å². The van der Waals surface area contributed by atoms with Crippen molar-refractivity contribution in [3.8, 4) is 11.8 Å². The monoisotopic (exact) mass is 327 g/mol. The third kappa shape index (κ3) is 3.98. The largest absolute Gasteiger partial charge is 0.384 e. The predicted octanol–water partition coefficient (Wildman–Crippen LogP) is 2.15. The van der Waals surface area contributed by atoms with Crippen LogP contribution in [0.4, 0.5) is 0 Å². The summed E-state index contributed by atoms with van der Waals surface area (Å²) >= 11 is 6.04. The number of hydrogen-bond donors (Lipinski definition) is 2. The van der Waals surface area contributed by atoms with Gasteiger partial charge >= 0.3 is 0 Å². The van der Waals surface area contributed by atoms with Gasteiger partial charge in [0.05, 0.1) is 5.02 Å². The summed E-state index contributed by atoms with van der Waals surface area (Å²) in [6, 6.07) is 4.51. The molecule has 0 spiro atoms. The van der Waals surface area contributed by atoms with Crippen molar-refractivity contribution >= 4 is 21.6 Å². The number of aliphatic hydroxyl groups is 1. The Kier molecular flexibility index (Phi) is 4.95. The van der Waals surface area contributed by atoms with Crippen molar-refractivity contribution in [2.24, 2.45) is 5.41 Å². The first-order chi connectivity index (χ1) is 9.86. The Hall–Kier alpha value is -1.06. The van der Waals surface area contributed by atoms with Crippen LogP contribution in [0.2, 0.25) is 5.02 Å². The van der Waals surface area contributed by atoms with E-state index in [0.29, 0.717) is 12.1 Å². The standard InChI is InChI=1S/C15H18ClNO3S/c1-15(7-3-8-15)11-17-21(19,20)14-6-5-12(4-2-9-18)10-13(14)16/h5-6,10,17-18H,3,7-9,11H2,1H3. The first-order valence-electron chi connectivity index (χ1n) is 6.75. The summed E-state index contributed by atoms with van der Waals surface area (Å²) in [4.78, 5) is 0.0571. The van der Waals surface area contributed by atoms with E-state index in [0.717, 1.165) is 19.3 Å². The fraction of sp³-hybridized carbons (Fsp3) is 0.467. The van der Waals surface area contributed by atoms with Crippen LogP contribution in [0.3, 0.4) is 0 Å². The third-order valence-electron chi connectivity index (χ3n) is 3.78. The molecule has 0 aromatic heterocycles. The molecule has 0 atom stereocenters. The van der Waals surface area contributed by atoms with Crippen LogP contribution in [-0.4, -0.2) is 26.7 Å². The molecule has 2 N–H and O–H groups in total. The fourth-order valence-electron chi connectivity index (χ4n) is 2.24. The summed E-state index contributed by atoms with van der Waals surface area (Å²) in [6.07, 6.45) is 3.23. The Morgan fingerprint density at radius 2 is 2.14 bits per heavy atom. The van der Waals surface area contributed by atoms with Crippen LogP contribution in [0.1, 0.15) is 31.7 Å². The van der Waals surface area contributed by atoms with Gasteiger partial charge in [0.1, 0.15) is 11.5 Å². The van der Waals surface area contributed by atoms with Crippen molar-refractivity contribution in [3.05, 3.63) is 28.8 Å². The molecule has 1 aliphatic carbocycles. The van der Waals surface area contributed by atoms with Gasteiger partial charge in [-0.1, -0.05) is 36.8 Å². The second-order valence-corrected chi connectivity index (χ2v) is 7.74. The Morgan fingerprint density at radius 3 is 2.67 bits per heavy atom. The second kappa shape index (κ2) is 6.37. The van der Waals surface area contributed by atoms with Crippen LogP contribution < -0.4 is 4.72 Å². The summed E-state index contributed by atoms with van der Waals surface area (Å²) in [5.41, 5.74) is 0.630. The van der Waals surface area contributed by atoms with Crippen molar-refractivity contribution in [2.45, 2.75) is 31.1 Å². The van der Waals surface area contributed by atoms with Crippen molar-refractivity contribution in [2.75, 3.05) is 13.2 Å². The van der Waals surface area contributed by atoms with E-state index in [-0.39, 0.29) is 21.9 Å². The Morgan fingerprint density at radius 1 is 1.43 bits per heavy atom. The molecule has 0 amide bonds. The van der Waals surface area contributed by atoms with E-state index in [4.69, 9.17) is 16.7 Å². The van der Waals surface area contributed by atoms with Gasteiger partial charge in [0, 0.05) is 12.1 Å². The molecule has 4 nitrogen and oxygen atoms in total. The molecule has 0 bridgehead atoms. The van der Waals surface area contributed by atoms with Gasteiger partial charge in [-0.25, -0.2) is 13.1 Å². The first-order valence-corrected chi connectivity index (χ1v) is 8.61. The molecule has 0 radical (unpaired) electrons. The second-order valence-electron chi connectivity index (χ2n) is 5.59. The summed E-state index contributed by atoms with van der Waals surface area (Å²) in [5.74, 6) is 5.18. The highest BCUT2D eigenvalue weighted by atomic mass is 35.5. The molecule has 1 aromatic rings. The Labute approximate surface area is 130 Å². The lowest BCUT2D eigenvalue weighted by molar-refractivity contribution is 0.166. The number of aliphatic hydroxyl groups excluding tert-OH is 1. The van der Waals surface area contributed by atoms with E-state index >= 15 is 0 Å². The summed E-state index contributed by atoms with van der Waals surface area (Å²) in [5, 5.41) is 8.77. The Balaban J connectivity index is 2.16. The first kappa shape index (κ1) is 16.3. The summed E-state index contributed by atoms with van der Waals surface area (Å²) in [6.45, 7) is 2.25. The van der Waals surface area contributed by atoms with E-state index < -0.39 is 10.0 Å². The molecule has 0 saturated heterocycles. The maximum Gasteiger partial charge on any atom is 0.242 e. The van der Waals surface area contributed by atoms with Gasteiger partial charge in [-0.2, -0.15) is 0 Å². The van der Waals surface area contributed by atoms with Gasteiger partial charge in [0.15, 0.2) is 0 Å². The molecule has 0 aliphatic heterocycles. The zero-order valence-corrected chi connectivity index (χ0v) is 13.4. The summed E-state index contributed by atoms with van der Waals surface area (Å²) in [7, 11) is -3.62. The van der Waals surface area contributed by atoms with E-state index in [2.05, 4.69) is 23.5 Å². The molecule has 1 saturated carbocycles. The molecule has 1 aliphatic rings. The van der Waals surface area contributed by atoms with Gasteiger partial charge in [-0.15, -0.1) is 0 Å². The zero-order valence-electron chi connectivity index (χ0n) is 11.8. The van der Waals surface area contributed by atoms with Crippen LogP contribution in [0.25, 0.3) is 0 Å². The van der Waals surface area contributed by atoms with Gasteiger partial charge in [0.2, 0.25) is 10.0 Å². The average molecular weight is 328 g/mol. The summed E-state index contributed by atoms with van der Waals surface area (Å²) < 4.78 is 27.2. The SMILES string of the molecule is CC1(CNS(=O)(=O)c2ccc(C#CCO)cc2Cl)CCC1. The van der Waals surface area contributed by atoms with Gasteiger partial charge in [0.25, 0.3) is 0 Å². The quantitative estimate of drug-likeness (QED) is 0.833. The normalized spacial score (nSPS) is 16.7. The van der Waals surface area contributed by atoms with Crippen LogP contribution >= 0.6 is 11.6 Å². The highest BCUT2D eigenvalue weighted by molar-refractivity contribution is 7.89. The molecule has 0 unspecified atom stereocenters. The maximum absolute atomic E-state index is 12.3. The van der Waals surface area contributed by atoms with Crippen molar-refractivity contribution in [1.82, 2.24) is 4.72 Å².